The minimum Gasteiger partial charge on any atom is -0.324 e. The molecule has 2 N–H and O–H groups in total. The van der Waals surface area contributed by atoms with Gasteiger partial charge in [0.05, 0.1) is 24.1 Å². The van der Waals surface area contributed by atoms with Gasteiger partial charge in [-0.1, -0.05) is 29.8 Å². The number of rotatable bonds is 3. The zero-order valence-corrected chi connectivity index (χ0v) is 11.4. The largest absolute Gasteiger partial charge is 0.324 e. The van der Waals surface area contributed by atoms with Gasteiger partial charge in [-0.05, 0) is 24.3 Å². The number of aromatic nitrogens is 2. The smallest absolute Gasteiger partial charge is 0.129 e. The molecule has 3 aromatic rings. The van der Waals surface area contributed by atoms with Crippen molar-refractivity contribution in [2.45, 2.75) is 13.1 Å². The Bertz CT molecular complexity index is 747. The molecule has 0 aliphatic heterocycles. The van der Waals surface area contributed by atoms with E-state index >= 15 is 0 Å². The Kier molecular flexibility index (Phi) is 3.42. The minimum atomic E-state index is -0.321. The van der Waals surface area contributed by atoms with Crippen LogP contribution >= 0.6 is 11.6 Å². The van der Waals surface area contributed by atoms with Gasteiger partial charge in [-0.15, -0.1) is 0 Å². The Morgan fingerprint density at radius 3 is 2.70 bits per heavy atom. The lowest BCUT2D eigenvalue weighted by Gasteiger charge is -2.10. The normalized spacial score (nSPS) is 11.2. The zero-order valence-electron chi connectivity index (χ0n) is 10.7. The minimum absolute atomic E-state index is 0.292. The fourth-order valence-electron chi connectivity index (χ4n) is 2.30. The maximum Gasteiger partial charge on any atom is 0.129 e. The number of nitrogens with zero attached hydrogens (tertiary/aromatic N) is 2. The molecule has 0 amide bonds. The van der Waals surface area contributed by atoms with Crippen LogP contribution in [0.5, 0.6) is 0 Å². The molecule has 0 fully saturated rings. The first kappa shape index (κ1) is 13.1. The van der Waals surface area contributed by atoms with E-state index in [0.717, 1.165) is 11.0 Å². The van der Waals surface area contributed by atoms with Gasteiger partial charge in [0.1, 0.15) is 11.6 Å². The standard InChI is InChI=1S/C15H13ClFN3/c16-11-4-3-5-12(17)10(11)9-20-14-7-2-1-6-13(14)19-15(20)8-18/h1-7H,8-9,18H2. The average molecular weight is 290 g/mol. The van der Waals surface area contributed by atoms with Crippen molar-refractivity contribution in [1.82, 2.24) is 9.55 Å². The first-order chi connectivity index (χ1) is 9.70. The van der Waals surface area contributed by atoms with Crippen molar-refractivity contribution < 1.29 is 4.39 Å². The number of nitrogens with two attached hydrogens (primary N) is 1. The zero-order chi connectivity index (χ0) is 14.1. The molecule has 0 spiro atoms. The third-order valence-corrected chi connectivity index (χ3v) is 3.65. The first-order valence-corrected chi connectivity index (χ1v) is 6.65. The molecule has 0 saturated carbocycles. The first-order valence-electron chi connectivity index (χ1n) is 6.28. The summed E-state index contributed by atoms with van der Waals surface area (Å²) in [7, 11) is 0. The van der Waals surface area contributed by atoms with Crippen molar-refractivity contribution in [2.75, 3.05) is 0 Å². The Morgan fingerprint density at radius 2 is 1.95 bits per heavy atom. The maximum atomic E-state index is 13.9. The number of hydrogen-bond acceptors (Lipinski definition) is 2. The summed E-state index contributed by atoms with van der Waals surface area (Å²) in [6, 6.07) is 12.4. The number of para-hydroxylation sites is 2. The number of benzene rings is 2. The van der Waals surface area contributed by atoms with Gasteiger partial charge in [0.15, 0.2) is 0 Å². The van der Waals surface area contributed by atoms with Crippen LogP contribution in [0.25, 0.3) is 11.0 Å². The highest BCUT2D eigenvalue weighted by Gasteiger charge is 2.13. The summed E-state index contributed by atoms with van der Waals surface area (Å²) in [4.78, 5) is 4.46. The van der Waals surface area contributed by atoms with Crippen LogP contribution in [0.3, 0.4) is 0 Å². The molecule has 5 heteroatoms. The summed E-state index contributed by atoms with van der Waals surface area (Å²) in [6.45, 7) is 0.610. The second-order valence-electron chi connectivity index (χ2n) is 4.51. The average Bonchev–Trinajstić information content (AvgIpc) is 2.81. The topological polar surface area (TPSA) is 43.8 Å². The van der Waals surface area contributed by atoms with Crippen LogP contribution in [-0.2, 0) is 13.1 Å². The van der Waals surface area contributed by atoms with Crippen LogP contribution in [0.1, 0.15) is 11.4 Å². The number of halogens is 2. The van der Waals surface area contributed by atoms with E-state index in [9.17, 15) is 4.39 Å². The highest BCUT2D eigenvalue weighted by Crippen LogP contribution is 2.23. The van der Waals surface area contributed by atoms with E-state index in [1.165, 1.54) is 6.07 Å². The van der Waals surface area contributed by atoms with Gasteiger partial charge < -0.3 is 10.3 Å². The van der Waals surface area contributed by atoms with Crippen LogP contribution in [0.15, 0.2) is 42.5 Å². The van der Waals surface area contributed by atoms with Gasteiger partial charge in [0.2, 0.25) is 0 Å². The van der Waals surface area contributed by atoms with E-state index in [0.29, 0.717) is 29.5 Å². The fraction of sp³-hybridized carbons (Fsp3) is 0.133. The highest BCUT2D eigenvalue weighted by molar-refractivity contribution is 6.31. The third-order valence-electron chi connectivity index (χ3n) is 3.29. The van der Waals surface area contributed by atoms with Gasteiger partial charge in [-0.2, -0.15) is 0 Å². The monoisotopic (exact) mass is 289 g/mol. The molecule has 2 aromatic carbocycles. The molecular formula is C15H13ClFN3. The fourth-order valence-corrected chi connectivity index (χ4v) is 2.52. The lowest BCUT2D eigenvalue weighted by Crippen LogP contribution is -2.10. The van der Waals surface area contributed by atoms with Crippen LogP contribution in [0.2, 0.25) is 5.02 Å². The Morgan fingerprint density at radius 1 is 1.15 bits per heavy atom. The molecular weight excluding hydrogens is 277 g/mol. The lowest BCUT2D eigenvalue weighted by molar-refractivity contribution is 0.597. The Balaban J connectivity index is 2.15. The van der Waals surface area contributed by atoms with Crippen LogP contribution < -0.4 is 5.73 Å². The molecule has 20 heavy (non-hydrogen) atoms. The Hall–Kier alpha value is -1.91. The van der Waals surface area contributed by atoms with Crippen molar-refractivity contribution in [2.24, 2.45) is 5.73 Å². The van der Waals surface area contributed by atoms with E-state index in [1.807, 2.05) is 28.8 Å². The quantitative estimate of drug-likeness (QED) is 0.804. The van der Waals surface area contributed by atoms with Gasteiger partial charge in [-0.3, -0.25) is 0 Å². The van der Waals surface area contributed by atoms with Crippen molar-refractivity contribution in [3.05, 3.63) is 64.7 Å². The van der Waals surface area contributed by atoms with Crippen molar-refractivity contribution in [1.29, 1.82) is 0 Å². The molecule has 0 unspecified atom stereocenters. The van der Waals surface area contributed by atoms with E-state index in [4.69, 9.17) is 17.3 Å². The molecule has 0 aliphatic rings. The maximum absolute atomic E-state index is 13.9. The molecule has 3 nitrogen and oxygen atoms in total. The molecule has 1 aromatic heterocycles. The molecule has 0 radical (unpaired) electrons. The van der Waals surface area contributed by atoms with Gasteiger partial charge in [0, 0.05) is 10.6 Å². The van der Waals surface area contributed by atoms with Crippen LogP contribution in [0, 0.1) is 5.82 Å². The summed E-state index contributed by atoms with van der Waals surface area (Å²) in [6.07, 6.45) is 0. The summed E-state index contributed by atoms with van der Waals surface area (Å²) in [5, 5.41) is 0.408. The Labute approximate surface area is 120 Å². The SMILES string of the molecule is NCc1nc2ccccc2n1Cc1c(F)cccc1Cl. The van der Waals surface area contributed by atoms with Crippen molar-refractivity contribution in [3.63, 3.8) is 0 Å². The number of hydrogen-bond donors (Lipinski definition) is 1. The predicted octanol–water partition coefficient (Wildman–Crippen LogP) is 3.34. The van der Waals surface area contributed by atoms with Crippen molar-refractivity contribution in [3.8, 4) is 0 Å². The molecule has 0 atom stereocenters. The van der Waals surface area contributed by atoms with Crippen LogP contribution in [-0.4, -0.2) is 9.55 Å². The molecule has 3 rings (SSSR count). The number of imidazole rings is 1. The van der Waals surface area contributed by atoms with E-state index in [2.05, 4.69) is 4.98 Å². The summed E-state index contributed by atoms with van der Waals surface area (Å²) in [5.74, 6) is 0.392. The van der Waals surface area contributed by atoms with Gasteiger partial charge >= 0.3 is 0 Å². The summed E-state index contributed by atoms with van der Waals surface area (Å²) < 4.78 is 15.8. The predicted molar refractivity (Wildman–Crippen MR) is 78.1 cm³/mol. The van der Waals surface area contributed by atoms with Gasteiger partial charge in [0.25, 0.3) is 0 Å². The molecule has 0 aliphatic carbocycles. The number of fused-ring (bicyclic) bond motifs is 1. The third kappa shape index (κ3) is 2.17. The van der Waals surface area contributed by atoms with E-state index in [1.54, 1.807) is 12.1 Å². The second kappa shape index (κ2) is 5.23. The van der Waals surface area contributed by atoms with E-state index < -0.39 is 0 Å². The molecule has 102 valence electrons. The molecule has 1 heterocycles. The van der Waals surface area contributed by atoms with Crippen molar-refractivity contribution >= 4 is 22.6 Å². The summed E-state index contributed by atoms with van der Waals surface area (Å²) in [5.41, 5.74) is 7.96. The lowest BCUT2D eigenvalue weighted by atomic mass is 10.2. The summed E-state index contributed by atoms with van der Waals surface area (Å²) >= 11 is 6.09. The molecule has 0 saturated heterocycles. The molecule has 0 bridgehead atoms. The van der Waals surface area contributed by atoms with E-state index in [-0.39, 0.29) is 5.82 Å². The second-order valence-corrected chi connectivity index (χ2v) is 4.91. The van der Waals surface area contributed by atoms with Gasteiger partial charge in [-0.25, -0.2) is 9.37 Å². The van der Waals surface area contributed by atoms with Crippen LogP contribution in [0.4, 0.5) is 4.39 Å². The highest BCUT2D eigenvalue weighted by atomic mass is 35.5.